The predicted molar refractivity (Wildman–Crippen MR) is 268 cm³/mol. The Balaban J connectivity index is 0.000000428. The molecule has 0 saturated heterocycles. The van der Waals surface area contributed by atoms with Crippen LogP contribution in [-0.2, 0) is 20.1 Å². The summed E-state index contributed by atoms with van der Waals surface area (Å²) in [5.74, 6) is -1.92. The molecule has 0 aliphatic heterocycles. The van der Waals surface area contributed by atoms with Crippen molar-refractivity contribution < 1.29 is 31.4 Å². The molecule has 0 aliphatic carbocycles. The summed E-state index contributed by atoms with van der Waals surface area (Å²) in [4.78, 5) is 9.40. The standard InChI is InChI=1S/C47H45N2OSi.C11H8N.Ir/c1-29(2)40-26-35(33-20-23-36(24-21-33)51(6,7)8)27-41(30(3)4)45(40)49-44-31(5)14-12-19-42(44)48-47(49)39-18-13-17-38-37-25-22-34(28-43(37)50-46(38)39)32-15-10-9-11-16-32;1-2-6-10(7-3-1)11-8-4-5-9-12-11;/h9-17,19-30H,1-8H3;1-6,8-9H;/q2*-1;/i5D3,29D,30D;;. The van der Waals surface area contributed by atoms with Gasteiger partial charge in [-0.1, -0.05) is 154 Å². The number of hydrogen-bond acceptors (Lipinski definition) is 3. The third-order valence-corrected chi connectivity index (χ3v) is 13.7. The maximum absolute atomic E-state index is 9.62. The van der Waals surface area contributed by atoms with Gasteiger partial charge in [-0.15, -0.1) is 54.1 Å². The van der Waals surface area contributed by atoms with Crippen LogP contribution in [0.25, 0.3) is 83.6 Å². The number of fused-ring (bicyclic) bond motifs is 4. The number of furan rings is 1. The molecular weight excluding hydrogens is 975 g/mol. The molecule has 0 bridgehead atoms. The van der Waals surface area contributed by atoms with E-state index in [9.17, 15) is 2.74 Å². The van der Waals surface area contributed by atoms with Gasteiger partial charge in [0.15, 0.2) is 0 Å². The number of rotatable bonds is 8. The topological polar surface area (TPSA) is 43.9 Å². The average molecular weight is 1030 g/mol. The Labute approximate surface area is 399 Å². The van der Waals surface area contributed by atoms with E-state index in [2.05, 4.69) is 85.3 Å². The van der Waals surface area contributed by atoms with Gasteiger partial charge in [0, 0.05) is 44.2 Å². The van der Waals surface area contributed by atoms with E-state index in [-0.39, 0.29) is 25.7 Å². The number of aromatic nitrogens is 3. The van der Waals surface area contributed by atoms with Crippen molar-refractivity contribution in [2.75, 3.05) is 0 Å². The molecular formula is C58H53IrN3OSi-2. The molecule has 4 nitrogen and oxygen atoms in total. The van der Waals surface area contributed by atoms with E-state index < -0.39 is 26.7 Å². The van der Waals surface area contributed by atoms with Gasteiger partial charge in [-0.3, -0.25) is 4.98 Å². The zero-order chi connectivity index (χ0) is 48.2. The van der Waals surface area contributed by atoms with Gasteiger partial charge in [0.2, 0.25) is 0 Å². The molecule has 0 atom stereocenters. The molecule has 0 aliphatic rings. The molecule has 3 heterocycles. The number of hydrogen-bond donors (Lipinski definition) is 0. The molecule has 0 saturated carbocycles. The van der Waals surface area contributed by atoms with Gasteiger partial charge in [-0.25, -0.2) is 0 Å². The van der Waals surface area contributed by atoms with Crippen LogP contribution in [0.1, 0.15) is 63.0 Å². The normalized spacial score (nSPS) is 13.3. The van der Waals surface area contributed by atoms with Crippen LogP contribution in [0.2, 0.25) is 19.6 Å². The minimum absolute atomic E-state index is 0. The first-order valence-corrected chi connectivity index (χ1v) is 24.9. The van der Waals surface area contributed by atoms with Crippen molar-refractivity contribution in [3.63, 3.8) is 0 Å². The predicted octanol–water partition coefficient (Wildman–Crippen LogP) is 15.4. The second-order valence-electron chi connectivity index (χ2n) is 17.5. The van der Waals surface area contributed by atoms with Crippen molar-refractivity contribution in [1.82, 2.24) is 14.5 Å². The maximum Gasteiger partial charge on any atom is 0.121 e. The van der Waals surface area contributed by atoms with E-state index in [1.54, 1.807) is 18.3 Å². The summed E-state index contributed by atoms with van der Waals surface area (Å²) in [6.07, 6.45) is 1.79. The van der Waals surface area contributed by atoms with Crippen LogP contribution >= 0.6 is 0 Å². The number of aryl methyl sites for hydroxylation is 1. The molecule has 6 heteroatoms. The summed E-state index contributed by atoms with van der Waals surface area (Å²) >= 11 is 0. The van der Waals surface area contributed by atoms with Gasteiger partial charge in [-0.05, 0) is 93.6 Å². The molecule has 3 aromatic heterocycles. The Bertz CT molecular complexity index is 3350. The van der Waals surface area contributed by atoms with Gasteiger partial charge in [-0.2, -0.15) is 0 Å². The van der Waals surface area contributed by atoms with Crippen LogP contribution in [0, 0.1) is 19.0 Å². The fourth-order valence-electron chi connectivity index (χ4n) is 8.27. The van der Waals surface area contributed by atoms with Gasteiger partial charge in [0.05, 0.1) is 30.5 Å². The summed E-state index contributed by atoms with van der Waals surface area (Å²) in [6, 6.07) is 58.3. The Hall–Kier alpha value is -6.17. The monoisotopic (exact) mass is 1030 g/mol. The summed E-state index contributed by atoms with van der Waals surface area (Å²) < 4.78 is 53.9. The van der Waals surface area contributed by atoms with E-state index in [1.807, 2.05) is 129 Å². The van der Waals surface area contributed by atoms with Crippen molar-refractivity contribution in [2.24, 2.45) is 0 Å². The molecule has 7 aromatic carbocycles. The van der Waals surface area contributed by atoms with E-state index in [4.69, 9.17) is 13.5 Å². The number of para-hydroxylation sites is 1. The summed E-state index contributed by atoms with van der Waals surface area (Å²) in [6.45, 7) is 11.8. The Morgan fingerprint density at radius 2 is 1.36 bits per heavy atom. The molecule has 64 heavy (non-hydrogen) atoms. The number of nitrogens with zero attached hydrogens (tertiary/aromatic N) is 3. The first-order valence-electron chi connectivity index (χ1n) is 23.9. The zero-order valence-electron chi connectivity index (χ0n) is 42.2. The molecule has 0 fully saturated rings. The third kappa shape index (κ3) is 8.71. The van der Waals surface area contributed by atoms with Crippen molar-refractivity contribution in [3.8, 4) is 50.6 Å². The van der Waals surface area contributed by atoms with E-state index >= 15 is 0 Å². The smallest absolute Gasteiger partial charge is 0.121 e. The zero-order valence-corrected chi connectivity index (χ0v) is 40.6. The van der Waals surface area contributed by atoms with Gasteiger partial charge >= 0.3 is 0 Å². The second-order valence-corrected chi connectivity index (χ2v) is 22.5. The molecule has 0 unspecified atom stereocenters. The van der Waals surface area contributed by atoms with Crippen LogP contribution in [0.3, 0.4) is 0 Å². The van der Waals surface area contributed by atoms with Crippen LogP contribution < -0.4 is 5.19 Å². The summed E-state index contributed by atoms with van der Waals surface area (Å²) in [5, 5.41) is 3.16. The molecule has 1 radical (unpaired) electrons. The van der Waals surface area contributed by atoms with Crippen molar-refractivity contribution in [3.05, 3.63) is 193 Å². The van der Waals surface area contributed by atoms with Crippen molar-refractivity contribution in [1.29, 1.82) is 0 Å². The first-order chi connectivity index (χ1) is 32.3. The van der Waals surface area contributed by atoms with Crippen LogP contribution in [0.15, 0.2) is 168 Å². The fourth-order valence-corrected chi connectivity index (χ4v) is 9.44. The van der Waals surface area contributed by atoms with Crippen molar-refractivity contribution in [2.45, 2.75) is 66.0 Å². The number of imidazole rings is 1. The van der Waals surface area contributed by atoms with E-state index in [1.165, 1.54) is 5.19 Å². The Kier molecular flexibility index (Phi) is 11.1. The Morgan fingerprint density at radius 3 is 2.02 bits per heavy atom. The molecule has 10 rings (SSSR count). The molecule has 0 amide bonds. The van der Waals surface area contributed by atoms with Crippen LogP contribution in [0.4, 0.5) is 0 Å². The van der Waals surface area contributed by atoms with Gasteiger partial charge in [0.1, 0.15) is 5.58 Å². The van der Waals surface area contributed by atoms with Gasteiger partial charge < -0.3 is 14.0 Å². The Morgan fingerprint density at radius 1 is 0.656 bits per heavy atom. The molecule has 10 aromatic rings. The van der Waals surface area contributed by atoms with E-state index in [0.29, 0.717) is 50.4 Å². The summed E-state index contributed by atoms with van der Waals surface area (Å²) in [5.41, 5.74) is 10.7. The summed E-state index contributed by atoms with van der Waals surface area (Å²) in [7, 11) is -1.55. The van der Waals surface area contributed by atoms with Gasteiger partial charge in [0.25, 0.3) is 0 Å². The number of benzene rings is 7. The second kappa shape index (κ2) is 18.5. The maximum atomic E-state index is 9.62. The largest absolute Gasteiger partial charge is 0.501 e. The minimum Gasteiger partial charge on any atom is -0.501 e. The average Bonchev–Trinajstić information content (AvgIpc) is 3.89. The minimum atomic E-state index is -2.48. The quantitative estimate of drug-likeness (QED) is 0.113. The fraction of sp³-hybridized carbons (Fsp3) is 0.172. The molecule has 321 valence electrons. The van der Waals surface area contributed by atoms with Crippen LogP contribution in [-0.4, -0.2) is 22.6 Å². The van der Waals surface area contributed by atoms with Crippen molar-refractivity contribution >= 4 is 46.2 Å². The molecule has 0 spiro atoms. The SMILES string of the molecule is [2H]C([2H])([2H])c1cccc2nc(-c3[c-]ccc4c3oc3cc(-c5ccccc5)ccc34)n(-c3c(C([2H])(C)C)cc(-c4ccc([Si](C)(C)C)cc4)cc3C([2H])(C)C)c12.[Ir].[c-]1ccccc1-c1ccccn1. The number of pyridine rings is 1. The van der Waals surface area contributed by atoms with E-state index in [0.717, 1.165) is 44.3 Å². The molecule has 0 N–H and O–H groups in total. The first kappa shape index (κ1) is 38.3. The van der Waals surface area contributed by atoms with Crippen LogP contribution in [0.5, 0.6) is 0 Å². The third-order valence-electron chi connectivity index (χ3n) is 11.6.